The molecule has 3 rings (SSSR count). The van der Waals surface area contributed by atoms with Gasteiger partial charge in [-0.05, 0) is 50.6 Å². The van der Waals surface area contributed by atoms with Crippen LogP contribution < -0.4 is 14.8 Å². The lowest BCUT2D eigenvalue weighted by molar-refractivity contribution is -0.386. The molecule has 0 unspecified atom stereocenters. The van der Waals surface area contributed by atoms with E-state index in [9.17, 15) is 29.8 Å². The normalized spacial score (nSPS) is 11.6. The molecule has 3 aromatic rings. The highest BCUT2D eigenvalue weighted by molar-refractivity contribution is 5.81. The highest BCUT2D eigenvalue weighted by Gasteiger charge is 2.26. The molecule has 0 heterocycles. The number of alkyl carbamates (subject to hydrolysis) is 1. The predicted molar refractivity (Wildman–Crippen MR) is 150 cm³/mol. The molecular formula is C29H31N3O10. The Balaban J connectivity index is 1.91. The Morgan fingerprint density at radius 3 is 1.86 bits per heavy atom. The number of nitrogens with one attached hydrogen (secondary N) is 1. The Labute approximate surface area is 241 Å². The lowest BCUT2D eigenvalue weighted by Crippen LogP contribution is -2.45. The van der Waals surface area contributed by atoms with Crippen LogP contribution in [0.2, 0.25) is 0 Å². The molecule has 0 radical (unpaired) electrons. The lowest BCUT2D eigenvalue weighted by atomic mass is 10.1. The zero-order chi connectivity index (χ0) is 30.9. The molecule has 0 saturated carbocycles. The molecule has 42 heavy (non-hydrogen) atoms. The third-order valence-corrected chi connectivity index (χ3v) is 5.77. The van der Waals surface area contributed by atoms with Gasteiger partial charge in [-0.1, -0.05) is 30.3 Å². The van der Waals surface area contributed by atoms with E-state index in [1.54, 1.807) is 69.3 Å². The van der Waals surface area contributed by atoms with Crippen molar-refractivity contribution in [1.29, 1.82) is 0 Å². The molecule has 0 saturated heterocycles. The maximum Gasteiger partial charge on any atom is 0.408 e. The number of benzene rings is 3. The summed E-state index contributed by atoms with van der Waals surface area (Å²) in [5.74, 6) is -0.352. The van der Waals surface area contributed by atoms with E-state index in [0.29, 0.717) is 16.7 Å². The second kappa shape index (κ2) is 13.9. The van der Waals surface area contributed by atoms with Gasteiger partial charge in [-0.2, -0.15) is 0 Å². The number of nitrogens with zero attached hydrogens (tertiary/aromatic N) is 2. The second-order valence-corrected chi connectivity index (χ2v) is 10.1. The summed E-state index contributed by atoms with van der Waals surface area (Å²) in [7, 11) is 1.19. The topological polar surface area (TPSA) is 169 Å². The van der Waals surface area contributed by atoms with E-state index in [0.717, 1.165) is 0 Å². The van der Waals surface area contributed by atoms with Crippen LogP contribution in [-0.4, -0.2) is 40.7 Å². The van der Waals surface area contributed by atoms with Crippen molar-refractivity contribution in [3.63, 3.8) is 0 Å². The minimum atomic E-state index is -1.10. The number of nitro groups is 2. The summed E-state index contributed by atoms with van der Waals surface area (Å²) in [6.45, 7) is 4.69. The smallest absolute Gasteiger partial charge is 0.408 e. The summed E-state index contributed by atoms with van der Waals surface area (Å²) in [6.07, 6.45) is -0.826. The quantitative estimate of drug-likeness (QED) is 0.169. The van der Waals surface area contributed by atoms with E-state index in [2.05, 4.69) is 5.32 Å². The number of carbonyl (C=O) groups is 2. The molecule has 0 aliphatic heterocycles. The zero-order valence-corrected chi connectivity index (χ0v) is 23.5. The highest BCUT2D eigenvalue weighted by Crippen LogP contribution is 2.32. The van der Waals surface area contributed by atoms with Crippen molar-refractivity contribution >= 4 is 23.4 Å². The molecule has 0 bridgehead atoms. The summed E-state index contributed by atoms with van der Waals surface area (Å²) < 4.78 is 21.9. The van der Waals surface area contributed by atoms with E-state index >= 15 is 0 Å². The van der Waals surface area contributed by atoms with Gasteiger partial charge in [0.1, 0.15) is 24.9 Å². The fraction of sp³-hybridized carbons (Fsp3) is 0.310. The van der Waals surface area contributed by atoms with E-state index in [1.807, 2.05) is 0 Å². The first kappa shape index (κ1) is 31.3. The number of esters is 1. The molecule has 0 aliphatic rings. The van der Waals surface area contributed by atoms with Gasteiger partial charge >= 0.3 is 12.1 Å². The Bertz CT molecular complexity index is 1450. The van der Waals surface area contributed by atoms with Crippen LogP contribution in [0.5, 0.6) is 11.5 Å². The maximum absolute atomic E-state index is 12.5. The average Bonchev–Trinajstić information content (AvgIpc) is 2.93. The van der Waals surface area contributed by atoms with Crippen LogP contribution in [0.25, 0.3) is 0 Å². The van der Waals surface area contributed by atoms with Crippen LogP contribution >= 0.6 is 0 Å². The van der Waals surface area contributed by atoms with Crippen molar-refractivity contribution in [1.82, 2.24) is 5.32 Å². The lowest BCUT2D eigenvalue weighted by Gasteiger charge is -2.23. The van der Waals surface area contributed by atoms with Crippen molar-refractivity contribution < 1.29 is 38.4 Å². The van der Waals surface area contributed by atoms with E-state index in [-0.39, 0.29) is 42.5 Å². The fourth-order valence-corrected chi connectivity index (χ4v) is 3.87. The van der Waals surface area contributed by atoms with Gasteiger partial charge in [0.25, 0.3) is 11.4 Å². The Morgan fingerprint density at radius 2 is 1.36 bits per heavy atom. The predicted octanol–water partition coefficient (Wildman–Crippen LogP) is 5.27. The largest absolute Gasteiger partial charge is 0.485 e. The van der Waals surface area contributed by atoms with Crippen LogP contribution in [0.3, 0.4) is 0 Å². The minimum absolute atomic E-state index is 0.0157. The number of rotatable bonds is 12. The summed E-state index contributed by atoms with van der Waals surface area (Å²) in [6, 6.07) is 15.8. The third kappa shape index (κ3) is 8.91. The molecule has 1 N–H and O–H groups in total. The molecular weight excluding hydrogens is 550 g/mol. The first-order chi connectivity index (χ1) is 19.9. The molecule has 222 valence electrons. The molecule has 0 fully saturated rings. The van der Waals surface area contributed by atoms with Crippen molar-refractivity contribution in [2.75, 3.05) is 7.11 Å². The van der Waals surface area contributed by atoms with Crippen LogP contribution in [0.1, 0.15) is 37.5 Å². The monoisotopic (exact) mass is 581 g/mol. The minimum Gasteiger partial charge on any atom is -0.485 e. The SMILES string of the molecule is COC(=O)[C@H](Cc1ccc(OCc2ccccc2[N+](=O)[O-])c(OCc2ccccc2[N+](=O)[O-])c1)NC(=O)OC(C)(C)C. The molecule has 3 aromatic carbocycles. The van der Waals surface area contributed by atoms with Gasteiger partial charge in [0, 0.05) is 18.6 Å². The Kier molecular flexibility index (Phi) is 10.4. The van der Waals surface area contributed by atoms with Gasteiger partial charge in [0.2, 0.25) is 0 Å². The first-order valence-electron chi connectivity index (χ1n) is 12.8. The second-order valence-electron chi connectivity index (χ2n) is 10.1. The highest BCUT2D eigenvalue weighted by atomic mass is 16.6. The number of methoxy groups -OCH3 is 1. The molecule has 0 spiro atoms. The summed E-state index contributed by atoms with van der Waals surface area (Å²) in [4.78, 5) is 46.7. The number of carbonyl (C=O) groups excluding carboxylic acids is 2. The maximum atomic E-state index is 12.5. The number of hydrogen-bond acceptors (Lipinski definition) is 10. The molecule has 13 heteroatoms. The van der Waals surface area contributed by atoms with Crippen LogP contribution in [0, 0.1) is 20.2 Å². The van der Waals surface area contributed by atoms with Crippen LogP contribution in [0.4, 0.5) is 16.2 Å². The molecule has 13 nitrogen and oxygen atoms in total. The molecule has 1 atom stereocenters. The van der Waals surface area contributed by atoms with Crippen molar-refractivity contribution in [2.24, 2.45) is 0 Å². The standard InChI is InChI=1S/C29H31N3O10/c1-29(2,3)42-28(34)30-22(27(33)39-4)15-19-13-14-25(40-17-20-9-5-7-11-23(20)31(35)36)26(16-19)41-18-21-10-6-8-12-24(21)32(37)38/h5-14,16,22H,15,17-18H2,1-4H3,(H,30,34)/t22-/m0/s1. The number of ether oxygens (including phenoxy) is 4. The first-order valence-corrected chi connectivity index (χ1v) is 12.8. The fourth-order valence-electron chi connectivity index (χ4n) is 3.87. The summed E-state index contributed by atoms with van der Waals surface area (Å²) in [5.41, 5.74) is 0.102. The van der Waals surface area contributed by atoms with Gasteiger partial charge in [-0.3, -0.25) is 20.2 Å². The van der Waals surface area contributed by atoms with Gasteiger partial charge in [0.05, 0.1) is 28.1 Å². The molecule has 1 amide bonds. The van der Waals surface area contributed by atoms with Crippen molar-refractivity contribution in [2.45, 2.75) is 52.0 Å². The summed E-state index contributed by atoms with van der Waals surface area (Å²) in [5, 5.41) is 25.4. The number of para-hydroxylation sites is 2. The molecule has 0 aromatic heterocycles. The van der Waals surface area contributed by atoms with Gasteiger partial charge in [-0.15, -0.1) is 0 Å². The average molecular weight is 582 g/mol. The van der Waals surface area contributed by atoms with Gasteiger partial charge in [-0.25, -0.2) is 9.59 Å². The van der Waals surface area contributed by atoms with E-state index in [1.165, 1.54) is 25.3 Å². The summed E-state index contributed by atoms with van der Waals surface area (Å²) >= 11 is 0. The van der Waals surface area contributed by atoms with E-state index < -0.39 is 33.6 Å². The van der Waals surface area contributed by atoms with Gasteiger partial charge < -0.3 is 24.3 Å². The Morgan fingerprint density at radius 1 is 0.833 bits per heavy atom. The van der Waals surface area contributed by atoms with Crippen molar-refractivity contribution in [3.8, 4) is 11.5 Å². The van der Waals surface area contributed by atoms with Crippen LogP contribution in [-0.2, 0) is 33.9 Å². The van der Waals surface area contributed by atoms with Crippen LogP contribution in [0.15, 0.2) is 66.7 Å². The zero-order valence-electron chi connectivity index (χ0n) is 23.5. The number of hydrogen-bond donors (Lipinski definition) is 1. The molecule has 0 aliphatic carbocycles. The van der Waals surface area contributed by atoms with Crippen molar-refractivity contribution in [3.05, 3.63) is 104 Å². The number of amides is 1. The number of nitro benzene ring substituents is 2. The third-order valence-electron chi connectivity index (χ3n) is 5.77. The van der Waals surface area contributed by atoms with E-state index in [4.69, 9.17) is 18.9 Å². The Hall–Kier alpha value is -5.20. The van der Waals surface area contributed by atoms with Gasteiger partial charge in [0.15, 0.2) is 11.5 Å².